The maximum absolute atomic E-state index is 11.0. The number of sulfonamides is 1. The standard InChI is InChI=1S/C9H19NO3S/c1-5-9(11)8(2)6-7-10(3)14(4,12)13/h6-9,11H,5H2,1-4H3/b7-6-/t8-,9+/m1/s1. The van der Waals surface area contributed by atoms with E-state index < -0.39 is 16.1 Å². The molecule has 0 aromatic rings. The van der Waals surface area contributed by atoms with Crippen LogP contribution >= 0.6 is 0 Å². The van der Waals surface area contributed by atoms with Crippen molar-refractivity contribution in [3.8, 4) is 0 Å². The van der Waals surface area contributed by atoms with Crippen LogP contribution in [0.5, 0.6) is 0 Å². The van der Waals surface area contributed by atoms with Crippen LogP contribution in [0.3, 0.4) is 0 Å². The van der Waals surface area contributed by atoms with Crippen molar-refractivity contribution in [2.24, 2.45) is 5.92 Å². The summed E-state index contributed by atoms with van der Waals surface area (Å²) in [7, 11) is -1.70. The fraction of sp³-hybridized carbons (Fsp3) is 0.778. The van der Waals surface area contributed by atoms with Crippen LogP contribution in [0.25, 0.3) is 0 Å². The van der Waals surface area contributed by atoms with E-state index in [4.69, 9.17) is 0 Å². The Hall–Kier alpha value is -0.550. The highest BCUT2D eigenvalue weighted by atomic mass is 32.2. The molecule has 0 amide bonds. The second-order valence-electron chi connectivity index (χ2n) is 3.46. The summed E-state index contributed by atoms with van der Waals surface area (Å²) in [5.74, 6) is -0.0378. The number of hydrogen-bond donors (Lipinski definition) is 1. The molecule has 0 aliphatic heterocycles. The second-order valence-corrected chi connectivity index (χ2v) is 5.50. The Morgan fingerprint density at radius 1 is 1.50 bits per heavy atom. The van der Waals surface area contributed by atoms with E-state index >= 15 is 0 Å². The minimum absolute atomic E-state index is 0.0378. The Morgan fingerprint density at radius 2 is 2.00 bits per heavy atom. The third kappa shape index (κ3) is 4.62. The lowest BCUT2D eigenvalue weighted by molar-refractivity contribution is 0.133. The van der Waals surface area contributed by atoms with Crippen molar-refractivity contribution in [3.05, 3.63) is 12.3 Å². The van der Waals surface area contributed by atoms with E-state index in [1.165, 1.54) is 13.2 Å². The largest absolute Gasteiger partial charge is 0.393 e. The van der Waals surface area contributed by atoms with Crippen LogP contribution in [0.2, 0.25) is 0 Å². The molecule has 1 N–H and O–H groups in total. The lowest BCUT2D eigenvalue weighted by Crippen LogP contribution is -2.21. The third-order valence-corrected chi connectivity index (χ3v) is 3.32. The van der Waals surface area contributed by atoms with Crippen LogP contribution in [-0.2, 0) is 10.0 Å². The van der Waals surface area contributed by atoms with E-state index in [2.05, 4.69) is 0 Å². The van der Waals surface area contributed by atoms with Crippen LogP contribution < -0.4 is 0 Å². The molecule has 84 valence electrons. The maximum Gasteiger partial charge on any atom is 0.231 e. The van der Waals surface area contributed by atoms with Crippen molar-refractivity contribution in [3.63, 3.8) is 0 Å². The first-order valence-corrected chi connectivity index (χ1v) is 6.43. The maximum atomic E-state index is 11.0. The van der Waals surface area contributed by atoms with Gasteiger partial charge in [0.25, 0.3) is 0 Å². The second kappa shape index (κ2) is 5.36. The fourth-order valence-electron chi connectivity index (χ4n) is 0.868. The van der Waals surface area contributed by atoms with Gasteiger partial charge in [0.05, 0.1) is 12.4 Å². The van der Waals surface area contributed by atoms with E-state index in [0.29, 0.717) is 6.42 Å². The van der Waals surface area contributed by atoms with Gasteiger partial charge in [0.1, 0.15) is 0 Å². The zero-order valence-electron chi connectivity index (χ0n) is 9.14. The zero-order chi connectivity index (χ0) is 11.4. The molecule has 0 aliphatic carbocycles. The van der Waals surface area contributed by atoms with Gasteiger partial charge in [0, 0.05) is 19.2 Å². The zero-order valence-corrected chi connectivity index (χ0v) is 9.95. The van der Waals surface area contributed by atoms with Crippen molar-refractivity contribution in [2.75, 3.05) is 13.3 Å². The molecule has 0 fully saturated rings. The number of aliphatic hydroxyl groups excluding tert-OH is 1. The molecule has 0 spiro atoms. The SMILES string of the molecule is CC[C@H](O)[C@H](C)/C=C\N(C)S(C)(=O)=O. The van der Waals surface area contributed by atoms with E-state index in [1.54, 1.807) is 6.08 Å². The molecule has 0 heterocycles. The normalized spacial score (nSPS) is 16.9. The Morgan fingerprint density at radius 3 is 2.36 bits per heavy atom. The molecule has 5 heteroatoms. The third-order valence-electron chi connectivity index (χ3n) is 2.15. The molecule has 0 aromatic carbocycles. The fourth-order valence-corrected chi connectivity index (χ4v) is 1.16. The summed E-state index contributed by atoms with van der Waals surface area (Å²) in [6.07, 6.45) is 4.54. The van der Waals surface area contributed by atoms with Crippen LogP contribution in [-0.4, -0.2) is 37.2 Å². The van der Waals surface area contributed by atoms with Gasteiger partial charge in [0.2, 0.25) is 10.0 Å². The Labute approximate surface area is 86.3 Å². The van der Waals surface area contributed by atoms with Crippen molar-refractivity contribution < 1.29 is 13.5 Å². The molecule has 0 aliphatic rings. The van der Waals surface area contributed by atoms with Gasteiger partial charge in [-0.3, -0.25) is 4.31 Å². The lowest BCUT2D eigenvalue weighted by atomic mass is 10.0. The van der Waals surface area contributed by atoms with Gasteiger partial charge >= 0.3 is 0 Å². The molecular formula is C9H19NO3S. The predicted molar refractivity (Wildman–Crippen MR) is 57.2 cm³/mol. The van der Waals surface area contributed by atoms with Gasteiger partial charge in [-0.1, -0.05) is 19.9 Å². The predicted octanol–water partition coefficient (Wildman–Crippen LogP) is 0.798. The first-order chi connectivity index (χ1) is 6.29. The van der Waals surface area contributed by atoms with Crippen molar-refractivity contribution >= 4 is 10.0 Å². The van der Waals surface area contributed by atoms with Crippen LogP contribution in [0.1, 0.15) is 20.3 Å². The summed E-state index contributed by atoms with van der Waals surface area (Å²) in [6, 6.07) is 0. The van der Waals surface area contributed by atoms with Gasteiger partial charge < -0.3 is 5.11 Å². The molecular weight excluding hydrogens is 202 g/mol. The molecule has 0 aromatic heterocycles. The van der Waals surface area contributed by atoms with Gasteiger partial charge in [-0.05, 0) is 6.42 Å². The highest BCUT2D eigenvalue weighted by molar-refractivity contribution is 7.88. The summed E-state index contributed by atoms with van der Waals surface area (Å²) in [4.78, 5) is 0. The Bertz CT molecular complexity index is 284. The molecule has 0 unspecified atom stereocenters. The van der Waals surface area contributed by atoms with E-state index in [9.17, 15) is 13.5 Å². The Balaban J connectivity index is 4.31. The topological polar surface area (TPSA) is 57.6 Å². The minimum atomic E-state index is -3.17. The Kier molecular flexibility index (Phi) is 5.15. The van der Waals surface area contributed by atoms with Crippen LogP contribution in [0.15, 0.2) is 12.3 Å². The molecule has 0 bridgehead atoms. The highest BCUT2D eigenvalue weighted by Gasteiger charge is 2.10. The molecule has 14 heavy (non-hydrogen) atoms. The average molecular weight is 221 g/mol. The highest BCUT2D eigenvalue weighted by Crippen LogP contribution is 2.08. The van der Waals surface area contributed by atoms with E-state index in [1.807, 2.05) is 13.8 Å². The first-order valence-electron chi connectivity index (χ1n) is 4.58. The van der Waals surface area contributed by atoms with Crippen LogP contribution in [0.4, 0.5) is 0 Å². The monoisotopic (exact) mass is 221 g/mol. The van der Waals surface area contributed by atoms with Gasteiger partial charge in [-0.25, -0.2) is 8.42 Å². The van der Waals surface area contributed by atoms with E-state index in [-0.39, 0.29) is 5.92 Å². The average Bonchev–Trinajstić information content (AvgIpc) is 2.10. The molecule has 0 saturated heterocycles. The molecule has 0 saturated carbocycles. The number of nitrogens with zero attached hydrogens (tertiary/aromatic N) is 1. The summed E-state index contributed by atoms with van der Waals surface area (Å²) in [5.41, 5.74) is 0. The molecule has 0 rings (SSSR count). The van der Waals surface area contributed by atoms with Crippen molar-refractivity contribution in [2.45, 2.75) is 26.4 Å². The number of hydrogen-bond acceptors (Lipinski definition) is 3. The summed E-state index contributed by atoms with van der Waals surface area (Å²) < 4.78 is 23.1. The van der Waals surface area contributed by atoms with Gasteiger partial charge in [-0.15, -0.1) is 0 Å². The number of rotatable bonds is 5. The first kappa shape index (κ1) is 13.4. The quantitative estimate of drug-likeness (QED) is 0.747. The van der Waals surface area contributed by atoms with Crippen molar-refractivity contribution in [1.29, 1.82) is 0 Å². The van der Waals surface area contributed by atoms with Crippen molar-refractivity contribution in [1.82, 2.24) is 4.31 Å². The molecule has 4 nitrogen and oxygen atoms in total. The van der Waals surface area contributed by atoms with Crippen LogP contribution in [0, 0.1) is 5.92 Å². The summed E-state index contributed by atoms with van der Waals surface area (Å²) in [5, 5.41) is 9.42. The lowest BCUT2D eigenvalue weighted by Gasteiger charge is -2.15. The van der Waals surface area contributed by atoms with Gasteiger partial charge in [0.15, 0.2) is 0 Å². The van der Waals surface area contributed by atoms with Gasteiger partial charge in [-0.2, -0.15) is 0 Å². The van der Waals surface area contributed by atoms with E-state index in [0.717, 1.165) is 10.6 Å². The minimum Gasteiger partial charge on any atom is -0.393 e. The smallest absolute Gasteiger partial charge is 0.231 e. The molecule has 2 atom stereocenters. The number of aliphatic hydroxyl groups is 1. The summed E-state index contributed by atoms with van der Waals surface area (Å²) in [6.45, 7) is 3.73. The summed E-state index contributed by atoms with van der Waals surface area (Å²) >= 11 is 0. The molecule has 0 radical (unpaired) electrons.